The molecule has 3 nitrogen and oxygen atoms in total. The van der Waals surface area contributed by atoms with Crippen LogP contribution in [0.15, 0.2) is 0 Å². The van der Waals surface area contributed by atoms with Crippen LogP contribution in [0.3, 0.4) is 0 Å². The van der Waals surface area contributed by atoms with Gasteiger partial charge >= 0.3 is 0 Å². The molecule has 0 aliphatic carbocycles. The Labute approximate surface area is 69.0 Å². The molecule has 0 unspecified atom stereocenters. The van der Waals surface area contributed by atoms with Crippen molar-refractivity contribution in [2.45, 2.75) is 39.8 Å². The van der Waals surface area contributed by atoms with Crippen LogP contribution in [0.25, 0.3) is 0 Å². The highest BCUT2D eigenvalue weighted by Gasteiger charge is 2.27. The molecular formula is C6H16FNO2S. The van der Waals surface area contributed by atoms with Gasteiger partial charge in [-0.25, -0.2) is 0 Å². The molecule has 0 rings (SSSR count). The van der Waals surface area contributed by atoms with Crippen molar-refractivity contribution >= 4 is 11.2 Å². The standard InChI is InChI=1S/C6H16FNO2S/c1-5(2)8(6(3)4)11(7,9)10/h5-6,9-10H,1-4H3. The van der Waals surface area contributed by atoms with Crippen molar-refractivity contribution in [3.8, 4) is 0 Å². The molecule has 0 amide bonds. The third kappa shape index (κ3) is 3.37. The Bertz CT molecular complexity index is 116. The summed E-state index contributed by atoms with van der Waals surface area (Å²) in [5.41, 5.74) is 0. The Balaban J connectivity index is 4.35. The Morgan fingerprint density at radius 3 is 1.36 bits per heavy atom. The SMILES string of the molecule is CC(C)N(C(C)C)S(O)(O)F. The fourth-order valence-corrected chi connectivity index (χ4v) is 2.21. The first-order valence-electron chi connectivity index (χ1n) is 3.53. The van der Waals surface area contributed by atoms with Gasteiger partial charge in [-0.05, 0) is 27.7 Å². The van der Waals surface area contributed by atoms with Gasteiger partial charge in [0.1, 0.15) is 0 Å². The summed E-state index contributed by atoms with van der Waals surface area (Å²) in [5, 5.41) is 0. The number of halogens is 1. The van der Waals surface area contributed by atoms with Crippen LogP contribution in [0.4, 0.5) is 3.89 Å². The summed E-state index contributed by atoms with van der Waals surface area (Å²) >= 11 is -4.03. The summed E-state index contributed by atoms with van der Waals surface area (Å²) < 4.78 is 31.2. The van der Waals surface area contributed by atoms with Crippen LogP contribution in [-0.2, 0) is 0 Å². The van der Waals surface area contributed by atoms with Gasteiger partial charge in [-0.3, -0.25) is 9.11 Å². The molecule has 0 spiro atoms. The monoisotopic (exact) mass is 185 g/mol. The van der Waals surface area contributed by atoms with Crippen LogP contribution in [0.2, 0.25) is 0 Å². The van der Waals surface area contributed by atoms with Crippen LogP contribution in [0.5, 0.6) is 0 Å². The average Bonchev–Trinajstić information content (AvgIpc) is 1.54. The summed E-state index contributed by atoms with van der Waals surface area (Å²) in [6, 6.07) is -0.407. The first kappa shape index (κ1) is 11.2. The predicted octanol–water partition coefficient (Wildman–Crippen LogP) is 2.66. The maximum atomic E-state index is 12.7. The van der Waals surface area contributed by atoms with E-state index >= 15 is 0 Å². The number of rotatable bonds is 3. The van der Waals surface area contributed by atoms with Crippen LogP contribution in [0, 0.1) is 0 Å². The van der Waals surface area contributed by atoms with E-state index in [1.165, 1.54) is 0 Å². The van der Waals surface area contributed by atoms with E-state index in [0.29, 0.717) is 0 Å². The van der Waals surface area contributed by atoms with Crippen molar-refractivity contribution in [3.05, 3.63) is 0 Å². The van der Waals surface area contributed by atoms with E-state index in [1.807, 2.05) is 0 Å². The van der Waals surface area contributed by atoms with Crippen LogP contribution in [-0.4, -0.2) is 25.5 Å². The smallest absolute Gasteiger partial charge is 0.0262 e. The minimum Gasteiger partial charge on any atom is -0.260 e. The first-order chi connectivity index (χ1) is 4.76. The first-order valence-corrected chi connectivity index (χ1v) is 4.93. The van der Waals surface area contributed by atoms with Crippen LogP contribution in [0.1, 0.15) is 27.7 Å². The minimum atomic E-state index is -4.03. The molecule has 0 saturated heterocycles. The molecule has 0 atom stereocenters. The molecule has 0 aromatic heterocycles. The van der Waals surface area contributed by atoms with Gasteiger partial charge in [-0.2, -0.15) is 4.31 Å². The zero-order valence-corrected chi connectivity index (χ0v) is 8.10. The summed E-state index contributed by atoms with van der Waals surface area (Å²) in [4.78, 5) is 0. The molecular weight excluding hydrogens is 169 g/mol. The van der Waals surface area contributed by atoms with E-state index in [0.717, 1.165) is 4.31 Å². The van der Waals surface area contributed by atoms with Crippen molar-refractivity contribution in [1.29, 1.82) is 0 Å². The van der Waals surface area contributed by atoms with Crippen molar-refractivity contribution in [3.63, 3.8) is 0 Å². The third-order valence-electron chi connectivity index (χ3n) is 1.29. The van der Waals surface area contributed by atoms with Crippen molar-refractivity contribution < 1.29 is 13.0 Å². The zero-order valence-electron chi connectivity index (χ0n) is 7.28. The Hall–Kier alpha value is 0.160. The fraction of sp³-hybridized carbons (Fsp3) is 1.00. The van der Waals surface area contributed by atoms with E-state index in [4.69, 9.17) is 9.11 Å². The van der Waals surface area contributed by atoms with Crippen molar-refractivity contribution in [2.24, 2.45) is 0 Å². The van der Waals surface area contributed by atoms with Gasteiger partial charge in [-0.15, -0.1) is 0 Å². The summed E-state index contributed by atoms with van der Waals surface area (Å²) in [6.45, 7) is 6.86. The average molecular weight is 185 g/mol. The van der Waals surface area contributed by atoms with Gasteiger partial charge in [-0.1, -0.05) is 3.89 Å². The summed E-state index contributed by atoms with van der Waals surface area (Å²) in [7, 11) is 0. The van der Waals surface area contributed by atoms with E-state index in [2.05, 4.69) is 0 Å². The molecule has 5 heteroatoms. The van der Waals surface area contributed by atoms with Crippen molar-refractivity contribution in [1.82, 2.24) is 4.31 Å². The fourth-order valence-electron chi connectivity index (χ4n) is 1.13. The quantitative estimate of drug-likeness (QED) is 0.710. The lowest BCUT2D eigenvalue weighted by atomic mass is 10.3. The number of hydrogen-bond donors (Lipinski definition) is 2. The van der Waals surface area contributed by atoms with E-state index in [-0.39, 0.29) is 12.1 Å². The second-order valence-corrected chi connectivity index (χ2v) is 4.32. The van der Waals surface area contributed by atoms with E-state index < -0.39 is 11.2 Å². The second kappa shape index (κ2) is 3.71. The topological polar surface area (TPSA) is 43.7 Å². The van der Waals surface area contributed by atoms with Gasteiger partial charge in [0.15, 0.2) is 0 Å². The number of hydrogen-bond acceptors (Lipinski definition) is 3. The normalized spacial score (nSPS) is 15.1. The molecule has 0 fully saturated rings. The second-order valence-electron chi connectivity index (χ2n) is 3.00. The Morgan fingerprint density at radius 2 is 1.36 bits per heavy atom. The third-order valence-corrected chi connectivity index (χ3v) is 2.67. The summed E-state index contributed by atoms with van der Waals surface area (Å²) in [6.07, 6.45) is 0. The lowest BCUT2D eigenvalue weighted by Crippen LogP contribution is -2.37. The van der Waals surface area contributed by atoms with Gasteiger partial charge in [0, 0.05) is 23.2 Å². The molecule has 0 saturated carbocycles. The minimum absolute atomic E-state index is 0.204. The molecule has 0 bridgehead atoms. The molecule has 11 heavy (non-hydrogen) atoms. The molecule has 0 aliphatic rings. The molecule has 0 radical (unpaired) electrons. The maximum absolute atomic E-state index is 12.7. The lowest BCUT2D eigenvalue weighted by Gasteiger charge is -2.39. The molecule has 0 heterocycles. The summed E-state index contributed by atoms with van der Waals surface area (Å²) in [5.74, 6) is 0. The molecule has 2 N–H and O–H groups in total. The van der Waals surface area contributed by atoms with E-state index in [9.17, 15) is 3.89 Å². The Morgan fingerprint density at radius 1 is 1.09 bits per heavy atom. The molecule has 70 valence electrons. The molecule has 0 aromatic carbocycles. The highest BCUT2D eigenvalue weighted by molar-refractivity contribution is 8.17. The lowest BCUT2D eigenvalue weighted by molar-refractivity contribution is 0.240. The van der Waals surface area contributed by atoms with Crippen molar-refractivity contribution in [2.75, 3.05) is 0 Å². The number of nitrogens with zero attached hydrogens (tertiary/aromatic N) is 1. The zero-order chi connectivity index (χ0) is 9.23. The van der Waals surface area contributed by atoms with Crippen LogP contribution < -0.4 is 0 Å². The van der Waals surface area contributed by atoms with Gasteiger partial charge in [0.2, 0.25) is 0 Å². The Kier molecular flexibility index (Phi) is 3.76. The van der Waals surface area contributed by atoms with E-state index in [1.54, 1.807) is 27.7 Å². The maximum Gasteiger partial charge on any atom is 0.0262 e. The highest BCUT2D eigenvalue weighted by Crippen LogP contribution is 2.47. The predicted molar refractivity (Wildman–Crippen MR) is 46.1 cm³/mol. The largest absolute Gasteiger partial charge is 0.260 e. The highest BCUT2D eigenvalue weighted by atomic mass is 32.3. The van der Waals surface area contributed by atoms with Gasteiger partial charge in [0.05, 0.1) is 0 Å². The van der Waals surface area contributed by atoms with Gasteiger partial charge < -0.3 is 0 Å². The molecule has 0 aliphatic heterocycles. The van der Waals surface area contributed by atoms with Crippen LogP contribution >= 0.6 is 11.2 Å². The molecule has 0 aromatic rings. The van der Waals surface area contributed by atoms with Gasteiger partial charge in [0.25, 0.3) is 0 Å².